The molecule has 0 aromatic heterocycles. The second-order valence-corrected chi connectivity index (χ2v) is 19.1. The lowest BCUT2D eigenvalue weighted by Crippen LogP contribution is -2.30. The standard InChI is InChI=1S/C60H97O11P/c1-4-7-10-13-16-19-22-25-28-31-34-37-40-43-46-49-58(62)67-53-57(71-60(64)51-48-45-42-39-36-33-30-27-24-21-18-15-12-9-6-3)55-69-72(65,66)68-54-56(52-61)70-59(63)50-47-44-41-38-35-32-29-26-23-20-17-14-11-8-5-2/h7,9-10,12,16-21,25-30,34,36-37,39,56-57,61H,4-6,8,11,13-15,22-24,31-33,35,38,40-55H2,1-3H3,(H,65,66)/b10-7-,12-9-,19-16-,20-17-,21-18-,28-25-,29-26-,30-27-,37-34-,39-36-. The van der Waals surface area contributed by atoms with Gasteiger partial charge in [0.1, 0.15) is 12.7 Å². The molecule has 0 amide bonds. The maximum absolute atomic E-state index is 12.9. The van der Waals surface area contributed by atoms with Gasteiger partial charge in [-0.1, -0.05) is 174 Å². The first-order valence-electron chi connectivity index (χ1n) is 27.4. The van der Waals surface area contributed by atoms with Gasteiger partial charge in [0.2, 0.25) is 0 Å². The third-order valence-electron chi connectivity index (χ3n) is 10.8. The Morgan fingerprint density at radius 3 is 1.14 bits per heavy atom. The molecule has 2 N–H and O–H groups in total. The van der Waals surface area contributed by atoms with Gasteiger partial charge in [-0.3, -0.25) is 23.4 Å². The van der Waals surface area contributed by atoms with E-state index in [2.05, 4.69) is 142 Å². The quantitative estimate of drug-likeness (QED) is 0.0197. The molecule has 0 radical (unpaired) electrons. The minimum absolute atomic E-state index is 0.0985. The monoisotopic (exact) mass is 1020 g/mol. The Balaban J connectivity index is 4.87. The number of phosphoric ester groups is 1. The average Bonchev–Trinajstić information content (AvgIpc) is 3.37. The van der Waals surface area contributed by atoms with E-state index in [4.69, 9.17) is 23.3 Å². The van der Waals surface area contributed by atoms with Gasteiger partial charge in [-0.15, -0.1) is 0 Å². The Kier molecular flexibility index (Phi) is 50.1. The zero-order valence-electron chi connectivity index (χ0n) is 44.8. The third-order valence-corrected chi connectivity index (χ3v) is 11.8. The molecular weight excluding hydrogens is 928 g/mol. The Labute approximate surface area is 437 Å². The highest BCUT2D eigenvalue weighted by molar-refractivity contribution is 7.47. The zero-order valence-corrected chi connectivity index (χ0v) is 45.7. The molecule has 0 aliphatic heterocycles. The van der Waals surface area contributed by atoms with Crippen molar-refractivity contribution in [3.63, 3.8) is 0 Å². The topological polar surface area (TPSA) is 155 Å². The average molecular weight is 1030 g/mol. The van der Waals surface area contributed by atoms with Crippen LogP contribution in [0.4, 0.5) is 0 Å². The predicted molar refractivity (Wildman–Crippen MR) is 297 cm³/mol. The second-order valence-electron chi connectivity index (χ2n) is 17.6. The van der Waals surface area contributed by atoms with Crippen molar-refractivity contribution in [2.75, 3.05) is 26.4 Å². The fourth-order valence-corrected chi connectivity index (χ4v) is 7.50. The van der Waals surface area contributed by atoms with Crippen molar-refractivity contribution in [2.45, 2.75) is 213 Å². The van der Waals surface area contributed by atoms with Gasteiger partial charge in [-0.2, -0.15) is 0 Å². The van der Waals surface area contributed by atoms with Crippen LogP contribution >= 0.6 is 7.82 Å². The number of unbranched alkanes of at least 4 members (excludes halogenated alkanes) is 12. The van der Waals surface area contributed by atoms with Crippen LogP contribution in [0.2, 0.25) is 0 Å². The van der Waals surface area contributed by atoms with Gasteiger partial charge in [0.15, 0.2) is 6.10 Å². The minimum atomic E-state index is -4.78. The summed E-state index contributed by atoms with van der Waals surface area (Å²) < 4.78 is 39.3. The van der Waals surface area contributed by atoms with Gasteiger partial charge in [0, 0.05) is 19.3 Å². The van der Waals surface area contributed by atoms with Gasteiger partial charge in [0.25, 0.3) is 0 Å². The summed E-state index contributed by atoms with van der Waals surface area (Å²) in [6, 6.07) is 0. The highest BCUT2D eigenvalue weighted by atomic mass is 31.2. The van der Waals surface area contributed by atoms with Crippen LogP contribution in [-0.2, 0) is 42.2 Å². The van der Waals surface area contributed by atoms with E-state index in [1.807, 2.05) is 0 Å². The number of ether oxygens (including phenoxy) is 3. The minimum Gasteiger partial charge on any atom is -0.462 e. The Bertz CT molecular complexity index is 1670. The first-order valence-corrected chi connectivity index (χ1v) is 28.9. The first-order chi connectivity index (χ1) is 35.2. The highest BCUT2D eigenvalue weighted by Crippen LogP contribution is 2.43. The van der Waals surface area contributed by atoms with Gasteiger partial charge >= 0.3 is 25.7 Å². The van der Waals surface area contributed by atoms with Crippen molar-refractivity contribution in [3.8, 4) is 0 Å². The second kappa shape index (κ2) is 53.2. The molecule has 0 aromatic rings. The number of aliphatic hydroxyl groups is 1. The lowest BCUT2D eigenvalue weighted by molar-refractivity contribution is -0.161. The molecule has 0 aromatic carbocycles. The first kappa shape index (κ1) is 67.9. The predicted octanol–water partition coefficient (Wildman–Crippen LogP) is 16.0. The summed E-state index contributed by atoms with van der Waals surface area (Å²) in [6.07, 6.45) is 64.5. The third kappa shape index (κ3) is 50.8. The molecule has 0 saturated heterocycles. The number of carbonyl (C=O) groups is 3. The lowest BCUT2D eigenvalue weighted by Gasteiger charge is -2.21. The van der Waals surface area contributed by atoms with Gasteiger partial charge in [-0.25, -0.2) is 4.57 Å². The Morgan fingerprint density at radius 1 is 0.403 bits per heavy atom. The lowest BCUT2D eigenvalue weighted by atomic mass is 10.1. The summed E-state index contributed by atoms with van der Waals surface area (Å²) in [7, 11) is -4.78. The Morgan fingerprint density at radius 2 is 0.722 bits per heavy atom. The van der Waals surface area contributed by atoms with E-state index < -0.39 is 57.8 Å². The van der Waals surface area contributed by atoms with Crippen molar-refractivity contribution in [2.24, 2.45) is 0 Å². The van der Waals surface area contributed by atoms with Crippen LogP contribution in [-0.4, -0.2) is 66.5 Å². The maximum atomic E-state index is 12.9. The molecule has 0 saturated carbocycles. The van der Waals surface area contributed by atoms with Crippen LogP contribution in [0.15, 0.2) is 122 Å². The summed E-state index contributed by atoms with van der Waals surface area (Å²) >= 11 is 0. The molecule has 0 spiro atoms. The number of carbonyl (C=O) groups excluding carboxylic acids is 3. The molecule has 0 aliphatic rings. The number of phosphoric acid groups is 1. The van der Waals surface area contributed by atoms with Crippen molar-refractivity contribution >= 4 is 25.7 Å². The van der Waals surface area contributed by atoms with Crippen LogP contribution < -0.4 is 0 Å². The van der Waals surface area contributed by atoms with Crippen molar-refractivity contribution in [1.82, 2.24) is 0 Å². The van der Waals surface area contributed by atoms with Gasteiger partial charge in [-0.05, 0) is 128 Å². The molecule has 408 valence electrons. The molecule has 3 atom stereocenters. The molecule has 72 heavy (non-hydrogen) atoms. The molecule has 12 heteroatoms. The van der Waals surface area contributed by atoms with E-state index in [-0.39, 0.29) is 25.9 Å². The van der Waals surface area contributed by atoms with Gasteiger partial charge in [0.05, 0.1) is 19.8 Å². The molecule has 0 aliphatic carbocycles. The largest absolute Gasteiger partial charge is 0.472 e. The van der Waals surface area contributed by atoms with Crippen LogP contribution in [0.5, 0.6) is 0 Å². The zero-order chi connectivity index (χ0) is 52.7. The van der Waals surface area contributed by atoms with Crippen molar-refractivity contribution in [1.29, 1.82) is 0 Å². The number of rotatable bonds is 49. The van der Waals surface area contributed by atoms with E-state index >= 15 is 0 Å². The number of hydrogen-bond acceptors (Lipinski definition) is 10. The molecule has 0 fully saturated rings. The number of allylic oxidation sites excluding steroid dienone is 20. The normalized spacial score (nSPS) is 14.3. The fourth-order valence-electron chi connectivity index (χ4n) is 6.72. The van der Waals surface area contributed by atoms with E-state index in [0.29, 0.717) is 19.3 Å². The summed E-state index contributed by atoms with van der Waals surface area (Å²) in [5.74, 6) is -1.60. The summed E-state index contributed by atoms with van der Waals surface area (Å²) in [5, 5.41) is 9.80. The van der Waals surface area contributed by atoms with Crippen molar-refractivity contribution in [3.05, 3.63) is 122 Å². The smallest absolute Gasteiger partial charge is 0.462 e. The van der Waals surface area contributed by atoms with Crippen LogP contribution in [0.1, 0.15) is 201 Å². The van der Waals surface area contributed by atoms with E-state index in [1.165, 1.54) is 19.3 Å². The molecule has 3 unspecified atom stereocenters. The molecular formula is C60H97O11P. The Hall–Kier alpha value is -4.12. The van der Waals surface area contributed by atoms with E-state index in [1.54, 1.807) is 0 Å². The summed E-state index contributed by atoms with van der Waals surface area (Å²) in [4.78, 5) is 48.4. The molecule has 11 nitrogen and oxygen atoms in total. The van der Waals surface area contributed by atoms with E-state index in [0.717, 1.165) is 122 Å². The van der Waals surface area contributed by atoms with E-state index in [9.17, 15) is 28.9 Å². The highest BCUT2D eigenvalue weighted by Gasteiger charge is 2.28. The maximum Gasteiger partial charge on any atom is 0.472 e. The number of hydrogen-bond donors (Lipinski definition) is 2. The van der Waals surface area contributed by atoms with Crippen molar-refractivity contribution < 1.29 is 52.2 Å². The summed E-state index contributed by atoms with van der Waals surface area (Å²) in [5.41, 5.74) is 0. The van der Waals surface area contributed by atoms with Crippen LogP contribution in [0, 0.1) is 0 Å². The molecule has 0 rings (SSSR count). The van der Waals surface area contributed by atoms with Crippen LogP contribution in [0.25, 0.3) is 0 Å². The summed E-state index contributed by atoms with van der Waals surface area (Å²) in [6.45, 7) is 4.25. The fraction of sp³-hybridized carbons (Fsp3) is 0.617. The van der Waals surface area contributed by atoms with Crippen LogP contribution in [0.3, 0.4) is 0 Å². The van der Waals surface area contributed by atoms with Gasteiger partial charge < -0.3 is 24.2 Å². The number of esters is 3. The SMILES string of the molecule is CC/C=C\C/C=C\C/C=C\C/C=C\CCCCC(=O)OCC(COP(=O)(O)OCC(CO)OC(=O)CCCCCCC/C=C\C/C=C\CCCCC)OC(=O)CCCC/C=C\C/C=C\C/C=C\C/C=C\CC. The molecule has 0 bridgehead atoms. The molecule has 0 heterocycles. The number of aliphatic hydroxyl groups excluding tert-OH is 1.